The van der Waals surface area contributed by atoms with Crippen molar-refractivity contribution in [2.75, 3.05) is 7.11 Å². The summed E-state index contributed by atoms with van der Waals surface area (Å²) in [6.07, 6.45) is 3.00. The number of esters is 1. The van der Waals surface area contributed by atoms with E-state index in [1.165, 1.54) is 18.1 Å². The number of carbonyl (C=O) groups is 1. The van der Waals surface area contributed by atoms with Gasteiger partial charge in [0.2, 0.25) is 0 Å². The maximum absolute atomic E-state index is 11.6. The number of tetrazole rings is 1. The van der Waals surface area contributed by atoms with Gasteiger partial charge in [-0.3, -0.25) is 4.79 Å². The second-order valence-electron chi connectivity index (χ2n) is 4.07. The lowest BCUT2D eigenvalue weighted by atomic mass is 10.0. The van der Waals surface area contributed by atoms with Crippen molar-refractivity contribution < 1.29 is 9.53 Å². The standard InChI is InChI=1S/C11H11N5O2/c1-18-11(17)8-2-4-9-7(8)3-5-10(13-9)16-6-12-14-15-16/h3,5-6,8H,2,4H2,1H3/t8-/m1/s1. The molecule has 0 N–H and O–H groups in total. The van der Waals surface area contributed by atoms with Crippen LogP contribution in [0, 0.1) is 0 Å². The third kappa shape index (κ3) is 1.64. The van der Waals surface area contributed by atoms with Gasteiger partial charge < -0.3 is 4.74 Å². The Morgan fingerprint density at radius 2 is 2.39 bits per heavy atom. The van der Waals surface area contributed by atoms with Gasteiger partial charge in [0.1, 0.15) is 6.33 Å². The number of rotatable bonds is 2. The molecule has 1 aliphatic rings. The molecule has 0 aliphatic heterocycles. The third-order valence-electron chi connectivity index (χ3n) is 3.11. The Kier molecular flexibility index (Phi) is 2.51. The number of carbonyl (C=O) groups excluding carboxylic acids is 1. The maximum atomic E-state index is 11.6. The molecule has 2 aromatic rings. The lowest BCUT2D eigenvalue weighted by Crippen LogP contribution is -2.11. The number of hydrogen-bond acceptors (Lipinski definition) is 6. The van der Waals surface area contributed by atoms with Crippen molar-refractivity contribution in [3.63, 3.8) is 0 Å². The largest absolute Gasteiger partial charge is 0.469 e. The quantitative estimate of drug-likeness (QED) is 0.706. The van der Waals surface area contributed by atoms with Crippen molar-refractivity contribution in [3.8, 4) is 5.82 Å². The first-order chi connectivity index (χ1) is 8.79. The van der Waals surface area contributed by atoms with Gasteiger partial charge in [-0.1, -0.05) is 6.07 Å². The molecule has 18 heavy (non-hydrogen) atoms. The Hall–Kier alpha value is -2.31. The monoisotopic (exact) mass is 245 g/mol. The number of fused-ring (bicyclic) bond motifs is 1. The van der Waals surface area contributed by atoms with Gasteiger partial charge in [-0.15, -0.1) is 5.10 Å². The van der Waals surface area contributed by atoms with Gasteiger partial charge in [0, 0.05) is 5.69 Å². The zero-order valence-corrected chi connectivity index (χ0v) is 9.78. The van der Waals surface area contributed by atoms with Gasteiger partial charge in [0.25, 0.3) is 0 Å². The minimum atomic E-state index is -0.203. The molecule has 0 saturated carbocycles. The molecule has 7 heteroatoms. The number of pyridine rings is 1. The molecule has 0 amide bonds. The molecule has 3 rings (SSSR count). The summed E-state index contributed by atoms with van der Waals surface area (Å²) in [6.45, 7) is 0. The van der Waals surface area contributed by atoms with E-state index < -0.39 is 0 Å². The molecule has 2 heterocycles. The molecular weight excluding hydrogens is 234 g/mol. The fraction of sp³-hybridized carbons (Fsp3) is 0.364. The minimum absolute atomic E-state index is 0.194. The summed E-state index contributed by atoms with van der Waals surface area (Å²) in [7, 11) is 1.41. The van der Waals surface area contributed by atoms with Crippen molar-refractivity contribution >= 4 is 5.97 Å². The van der Waals surface area contributed by atoms with Gasteiger partial charge >= 0.3 is 5.97 Å². The molecule has 0 radical (unpaired) electrons. The molecular formula is C11H11N5O2. The van der Waals surface area contributed by atoms with Crippen LogP contribution in [0.3, 0.4) is 0 Å². The molecule has 7 nitrogen and oxygen atoms in total. The molecule has 2 aromatic heterocycles. The summed E-state index contributed by atoms with van der Waals surface area (Å²) >= 11 is 0. The number of aromatic nitrogens is 5. The van der Waals surface area contributed by atoms with Crippen molar-refractivity contribution in [1.29, 1.82) is 0 Å². The summed E-state index contributed by atoms with van der Waals surface area (Å²) in [4.78, 5) is 16.1. The first kappa shape index (κ1) is 10.8. The fourth-order valence-corrected chi connectivity index (χ4v) is 2.24. The molecule has 0 spiro atoms. The van der Waals surface area contributed by atoms with Crippen LogP contribution >= 0.6 is 0 Å². The van der Waals surface area contributed by atoms with Crippen LogP contribution in [-0.4, -0.2) is 38.3 Å². The molecule has 0 aromatic carbocycles. The van der Waals surface area contributed by atoms with Crippen molar-refractivity contribution in [2.45, 2.75) is 18.8 Å². The Morgan fingerprint density at radius 1 is 1.50 bits per heavy atom. The Morgan fingerprint density at radius 3 is 3.11 bits per heavy atom. The number of methoxy groups -OCH3 is 1. The molecule has 1 atom stereocenters. The van der Waals surface area contributed by atoms with E-state index in [1.807, 2.05) is 6.07 Å². The van der Waals surface area contributed by atoms with E-state index in [4.69, 9.17) is 4.74 Å². The maximum Gasteiger partial charge on any atom is 0.313 e. The highest BCUT2D eigenvalue weighted by molar-refractivity contribution is 5.79. The number of ether oxygens (including phenoxy) is 1. The van der Waals surface area contributed by atoms with Crippen molar-refractivity contribution in [1.82, 2.24) is 25.2 Å². The first-order valence-corrected chi connectivity index (χ1v) is 5.60. The van der Waals surface area contributed by atoms with Crippen LogP contribution in [0.2, 0.25) is 0 Å². The summed E-state index contributed by atoms with van der Waals surface area (Å²) in [5, 5.41) is 10.9. The van der Waals surface area contributed by atoms with E-state index in [2.05, 4.69) is 20.5 Å². The van der Waals surface area contributed by atoms with Gasteiger partial charge in [-0.25, -0.2) is 4.98 Å². The van der Waals surface area contributed by atoms with Crippen LogP contribution in [-0.2, 0) is 16.0 Å². The van der Waals surface area contributed by atoms with E-state index in [9.17, 15) is 4.79 Å². The van der Waals surface area contributed by atoms with Gasteiger partial charge in [0.15, 0.2) is 5.82 Å². The summed E-state index contributed by atoms with van der Waals surface area (Å²) in [6, 6.07) is 3.70. The van der Waals surface area contributed by atoms with Crippen LogP contribution < -0.4 is 0 Å². The lowest BCUT2D eigenvalue weighted by Gasteiger charge is -2.08. The van der Waals surface area contributed by atoms with Crippen molar-refractivity contribution in [2.24, 2.45) is 0 Å². The third-order valence-corrected chi connectivity index (χ3v) is 3.11. The Bertz CT molecular complexity index is 581. The van der Waals surface area contributed by atoms with E-state index in [1.54, 1.807) is 6.07 Å². The summed E-state index contributed by atoms with van der Waals surface area (Å²) in [5.74, 6) is 0.260. The summed E-state index contributed by atoms with van der Waals surface area (Å²) in [5.41, 5.74) is 1.86. The predicted octanol–water partition coefficient (Wildman–Crippen LogP) is 0.260. The van der Waals surface area contributed by atoms with E-state index in [0.29, 0.717) is 5.82 Å². The molecule has 0 unspecified atom stereocenters. The normalized spacial score (nSPS) is 17.5. The zero-order valence-electron chi connectivity index (χ0n) is 9.78. The fourth-order valence-electron chi connectivity index (χ4n) is 2.24. The zero-order chi connectivity index (χ0) is 12.5. The van der Waals surface area contributed by atoms with Crippen molar-refractivity contribution in [3.05, 3.63) is 29.7 Å². The van der Waals surface area contributed by atoms with Gasteiger partial charge in [-0.2, -0.15) is 4.68 Å². The van der Waals surface area contributed by atoms with E-state index >= 15 is 0 Å². The number of aryl methyl sites for hydroxylation is 1. The lowest BCUT2D eigenvalue weighted by molar-refractivity contribution is -0.142. The second-order valence-corrected chi connectivity index (χ2v) is 4.07. The average Bonchev–Trinajstić information content (AvgIpc) is 3.06. The van der Waals surface area contributed by atoms with Gasteiger partial charge in [0.05, 0.1) is 13.0 Å². The molecule has 92 valence electrons. The van der Waals surface area contributed by atoms with Crippen LogP contribution in [0.15, 0.2) is 18.5 Å². The second kappa shape index (κ2) is 4.17. The molecule has 0 saturated heterocycles. The SMILES string of the molecule is COC(=O)[C@@H]1CCc2nc(-n3cnnn3)ccc21. The van der Waals surface area contributed by atoms with Crippen LogP contribution in [0.25, 0.3) is 5.82 Å². The Labute approximate surface area is 103 Å². The van der Waals surface area contributed by atoms with E-state index in [-0.39, 0.29) is 11.9 Å². The smallest absolute Gasteiger partial charge is 0.313 e. The summed E-state index contributed by atoms with van der Waals surface area (Å²) < 4.78 is 6.28. The molecule has 1 aliphatic carbocycles. The van der Waals surface area contributed by atoms with Crippen LogP contribution in [0.4, 0.5) is 0 Å². The van der Waals surface area contributed by atoms with Gasteiger partial charge in [-0.05, 0) is 34.9 Å². The molecule has 0 bridgehead atoms. The number of nitrogens with zero attached hydrogens (tertiary/aromatic N) is 5. The van der Waals surface area contributed by atoms with Crippen LogP contribution in [0.1, 0.15) is 23.6 Å². The van der Waals surface area contributed by atoms with Crippen LogP contribution in [0.5, 0.6) is 0 Å². The minimum Gasteiger partial charge on any atom is -0.469 e. The topological polar surface area (TPSA) is 82.8 Å². The highest BCUT2D eigenvalue weighted by atomic mass is 16.5. The number of hydrogen-bond donors (Lipinski definition) is 0. The first-order valence-electron chi connectivity index (χ1n) is 5.60. The highest BCUT2D eigenvalue weighted by Gasteiger charge is 2.30. The molecule has 0 fully saturated rings. The Balaban J connectivity index is 1.97. The highest BCUT2D eigenvalue weighted by Crippen LogP contribution is 2.33. The predicted molar refractivity (Wildman–Crippen MR) is 60.0 cm³/mol. The van der Waals surface area contributed by atoms with E-state index in [0.717, 1.165) is 24.1 Å². The average molecular weight is 245 g/mol.